The first-order chi connectivity index (χ1) is 31.6. The van der Waals surface area contributed by atoms with E-state index < -0.39 is 138 Å². The number of fused-ring (bicyclic) bond motifs is 5. The molecule has 0 amide bonds. The number of carbonyl (C=O) groups is 8. The molecule has 0 unspecified atom stereocenters. The lowest BCUT2D eigenvalue weighted by Crippen LogP contribution is -2.89. The molecule has 67 heavy (non-hydrogen) atoms. The highest BCUT2D eigenvalue weighted by molar-refractivity contribution is 5.92. The van der Waals surface area contributed by atoms with Crippen LogP contribution < -0.4 is 0 Å². The minimum atomic E-state index is -2.93. The molecule has 1 aromatic carbocycles. The maximum Gasteiger partial charge on any atom is 0.340 e. The van der Waals surface area contributed by atoms with Crippen LogP contribution >= 0.6 is 0 Å². The molecule has 20 nitrogen and oxygen atoms in total. The molecule has 7 rings (SSSR count). The number of benzene rings is 1. The fraction of sp³-hybridized carbons (Fsp3) is 0.489. The normalized spacial score (nSPS) is 34.1. The van der Waals surface area contributed by atoms with E-state index >= 15 is 0 Å². The number of rotatable bonds is 9. The van der Waals surface area contributed by atoms with Crippen molar-refractivity contribution in [2.45, 2.75) is 115 Å². The summed E-state index contributed by atoms with van der Waals surface area (Å²) in [6, 6.07) is 13.1. The van der Waals surface area contributed by atoms with Gasteiger partial charge >= 0.3 is 47.8 Å². The largest absolute Gasteiger partial charge is 0.465 e. The predicted octanol–water partition coefficient (Wildman–Crippen LogP) is 3.02. The SMILES string of the molecule is CC(=O)OC[C@@]12[C@H](OC(C)=O)[C@H](OC(C)=O)[C@@H]3[C@@H](OC(=O)c4ccccc4)[C@@]14O[C@@]3(C)COC(=O)c1cccnc1[C@@H](C)[C@H](C)C(=O)O[C@@H]([C@H](OC(C)=O)[C@@H]2OC(=O)c1cccnc1)[C@]4(C)O. The van der Waals surface area contributed by atoms with Gasteiger partial charge in [-0.15, -0.1) is 0 Å². The standard InChI is InChI=1S/C47H50N2O18/c1-23-24(2)40(54)65-37-35(62-27(5)52)39(66-42(56)30-16-12-18-48-20-30)46(22-59-25(3)50)38(63-28(6)53)34(61-26(4)51)32-36(64-41(55)29-14-10-9-11-15-29)47(46,45(37,8)58)67-44(32,7)21-60-43(57)31-17-13-19-49-33(23)31/h9-20,23-24,32,34-39,58H,21-22H2,1-8H3/t23-,24-,32+,34+,35-,36+,37-,38+,39-,44-,45-,46-,47-/m0/s1. The van der Waals surface area contributed by atoms with Crippen LogP contribution in [-0.2, 0) is 66.6 Å². The van der Waals surface area contributed by atoms with Crippen LogP contribution in [0.2, 0.25) is 0 Å². The predicted molar refractivity (Wildman–Crippen MR) is 223 cm³/mol. The van der Waals surface area contributed by atoms with Gasteiger partial charge in [-0.05, 0) is 50.2 Å². The van der Waals surface area contributed by atoms with E-state index in [-0.39, 0.29) is 22.4 Å². The molecule has 13 atom stereocenters. The third-order valence-corrected chi connectivity index (χ3v) is 13.2. The summed E-state index contributed by atoms with van der Waals surface area (Å²) in [7, 11) is 0. The third kappa shape index (κ3) is 8.15. The van der Waals surface area contributed by atoms with Crippen LogP contribution in [0.25, 0.3) is 0 Å². The van der Waals surface area contributed by atoms with Gasteiger partial charge in [0.25, 0.3) is 0 Å². The van der Waals surface area contributed by atoms with Crippen LogP contribution in [0, 0.1) is 17.3 Å². The Morgan fingerprint density at radius 1 is 0.716 bits per heavy atom. The Labute approximate surface area is 383 Å². The van der Waals surface area contributed by atoms with E-state index in [0.29, 0.717) is 0 Å². The van der Waals surface area contributed by atoms with Crippen LogP contribution in [0.15, 0.2) is 73.2 Å². The molecule has 1 N–H and O–H groups in total. The number of nitrogens with zero attached hydrogens (tertiary/aromatic N) is 2. The molecule has 356 valence electrons. The molecule has 3 aromatic rings. The van der Waals surface area contributed by atoms with Gasteiger partial charge in [-0.25, -0.2) is 14.4 Å². The zero-order valence-corrected chi connectivity index (χ0v) is 37.8. The molecule has 4 bridgehead atoms. The van der Waals surface area contributed by atoms with Crippen molar-refractivity contribution in [3.05, 3.63) is 95.6 Å². The molecule has 2 aromatic heterocycles. The minimum absolute atomic E-state index is 0.0447. The van der Waals surface area contributed by atoms with E-state index in [1.165, 1.54) is 74.8 Å². The van der Waals surface area contributed by atoms with Gasteiger partial charge in [0.15, 0.2) is 30.0 Å². The van der Waals surface area contributed by atoms with Crippen molar-refractivity contribution in [1.82, 2.24) is 9.97 Å². The van der Waals surface area contributed by atoms with Gasteiger partial charge in [0.2, 0.25) is 0 Å². The highest BCUT2D eigenvalue weighted by Crippen LogP contribution is 2.70. The lowest BCUT2D eigenvalue weighted by molar-refractivity contribution is -0.385. The van der Waals surface area contributed by atoms with Crippen LogP contribution in [-0.4, -0.2) is 129 Å². The first-order valence-corrected chi connectivity index (χ1v) is 21.4. The molecular weight excluding hydrogens is 881 g/mol. The maximum absolute atomic E-state index is 14.7. The Hall–Kier alpha value is -6.80. The average Bonchev–Trinajstić information content (AvgIpc) is 3.51. The van der Waals surface area contributed by atoms with Gasteiger partial charge < -0.3 is 47.7 Å². The molecule has 3 fully saturated rings. The quantitative estimate of drug-likeness (QED) is 0.239. The Bertz CT molecular complexity index is 2460. The monoisotopic (exact) mass is 930 g/mol. The first-order valence-electron chi connectivity index (χ1n) is 21.4. The minimum Gasteiger partial charge on any atom is -0.465 e. The summed E-state index contributed by atoms with van der Waals surface area (Å²) in [5.41, 5.74) is -10.9. The summed E-state index contributed by atoms with van der Waals surface area (Å²) < 4.78 is 56.4. The molecule has 2 aliphatic heterocycles. The number of carbonyl (C=O) groups excluding carboxylic acids is 8. The lowest BCUT2D eigenvalue weighted by atomic mass is 9.45. The van der Waals surface area contributed by atoms with E-state index in [1.54, 1.807) is 13.0 Å². The Morgan fingerprint density at radius 3 is 1.94 bits per heavy atom. The molecule has 0 radical (unpaired) electrons. The number of pyridine rings is 2. The fourth-order valence-electron chi connectivity index (χ4n) is 10.3. The fourth-order valence-corrected chi connectivity index (χ4v) is 10.3. The van der Waals surface area contributed by atoms with Gasteiger partial charge in [-0.1, -0.05) is 32.0 Å². The number of aromatic nitrogens is 2. The summed E-state index contributed by atoms with van der Waals surface area (Å²) in [5.74, 6) is -12.2. The number of ether oxygens (including phenoxy) is 9. The summed E-state index contributed by atoms with van der Waals surface area (Å²) in [5, 5.41) is 13.9. The topological polar surface area (TPSA) is 266 Å². The first kappa shape index (κ1) is 48.1. The van der Waals surface area contributed by atoms with Crippen LogP contribution in [0.1, 0.15) is 98.1 Å². The zero-order valence-electron chi connectivity index (χ0n) is 37.8. The van der Waals surface area contributed by atoms with E-state index in [1.807, 2.05) is 0 Å². The van der Waals surface area contributed by atoms with E-state index in [9.17, 15) is 43.5 Å². The van der Waals surface area contributed by atoms with E-state index in [4.69, 9.17) is 42.6 Å². The summed E-state index contributed by atoms with van der Waals surface area (Å²) in [6.45, 7) is 7.57. The molecule has 4 heterocycles. The average molecular weight is 931 g/mol. The number of aliphatic hydroxyl groups is 1. The number of hydrogen-bond acceptors (Lipinski definition) is 20. The van der Waals surface area contributed by atoms with Gasteiger partial charge in [0, 0.05) is 52.2 Å². The molecule has 1 saturated heterocycles. The zero-order chi connectivity index (χ0) is 48.8. The molecular formula is C47H50N2O18. The smallest absolute Gasteiger partial charge is 0.340 e. The van der Waals surface area contributed by atoms with Crippen LogP contribution in [0.4, 0.5) is 0 Å². The van der Waals surface area contributed by atoms with Gasteiger partial charge in [0.05, 0.1) is 34.2 Å². The molecule has 4 aliphatic rings. The Morgan fingerprint density at radius 2 is 1.31 bits per heavy atom. The second-order valence-electron chi connectivity index (χ2n) is 17.5. The molecule has 20 heteroatoms. The second-order valence-corrected chi connectivity index (χ2v) is 17.5. The van der Waals surface area contributed by atoms with Crippen molar-refractivity contribution < 1.29 is 86.1 Å². The molecule has 2 aliphatic carbocycles. The van der Waals surface area contributed by atoms with Crippen molar-refractivity contribution in [3.63, 3.8) is 0 Å². The summed E-state index contributed by atoms with van der Waals surface area (Å²) in [4.78, 5) is 120. The van der Waals surface area contributed by atoms with Crippen molar-refractivity contribution in [2.75, 3.05) is 13.2 Å². The third-order valence-electron chi connectivity index (χ3n) is 13.2. The van der Waals surface area contributed by atoms with Gasteiger partial charge in [-0.2, -0.15) is 0 Å². The molecule has 1 spiro atoms. The number of cyclic esters (lactones) is 1. The lowest BCUT2D eigenvalue weighted by Gasteiger charge is -2.67. The molecule has 2 saturated carbocycles. The van der Waals surface area contributed by atoms with Crippen molar-refractivity contribution in [2.24, 2.45) is 17.3 Å². The van der Waals surface area contributed by atoms with E-state index in [0.717, 1.165) is 40.8 Å². The number of esters is 8. The van der Waals surface area contributed by atoms with Crippen LogP contribution in [0.5, 0.6) is 0 Å². The van der Waals surface area contributed by atoms with Crippen molar-refractivity contribution >= 4 is 47.8 Å². The maximum atomic E-state index is 14.7. The summed E-state index contributed by atoms with van der Waals surface area (Å²) >= 11 is 0. The Balaban J connectivity index is 1.65. The Kier molecular flexibility index (Phi) is 13.0. The van der Waals surface area contributed by atoms with Crippen molar-refractivity contribution in [3.8, 4) is 0 Å². The number of hydrogen-bond donors (Lipinski definition) is 1. The summed E-state index contributed by atoms with van der Waals surface area (Å²) in [6.07, 6.45) is -8.73. The van der Waals surface area contributed by atoms with Gasteiger partial charge in [0.1, 0.15) is 42.0 Å². The second kappa shape index (κ2) is 18.1. The van der Waals surface area contributed by atoms with Gasteiger partial charge in [-0.3, -0.25) is 33.9 Å². The highest BCUT2D eigenvalue weighted by atomic mass is 16.7. The van der Waals surface area contributed by atoms with Crippen LogP contribution in [0.3, 0.4) is 0 Å². The van der Waals surface area contributed by atoms with Crippen molar-refractivity contribution in [1.29, 1.82) is 0 Å². The highest BCUT2D eigenvalue weighted by Gasteiger charge is 2.92. The van der Waals surface area contributed by atoms with E-state index in [2.05, 4.69) is 9.97 Å².